The Bertz CT molecular complexity index is 844. The third-order valence-electron chi connectivity index (χ3n) is 4.93. The predicted octanol–water partition coefficient (Wildman–Crippen LogP) is -1.78. The van der Waals surface area contributed by atoms with Crippen LogP contribution >= 0.6 is 0 Å². The molecule has 190 valence electrons. The average molecular weight is 483 g/mol. The molecule has 1 aromatic carbocycles. The smallest absolute Gasteiger partial charge is 0.326 e. The number of carbonyl (C=O) groups excluding carboxylic acids is 3. The maximum atomic E-state index is 12.9. The first-order valence-electron chi connectivity index (χ1n) is 10.8. The fraction of sp³-hybridized carbons (Fsp3) is 0.545. The van der Waals surface area contributed by atoms with E-state index in [0.717, 1.165) is 0 Å². The molecule has 12 heteroatoms. The van der Waals surface area contributed by atoms with E-state index < -0.39 is 60.6 Å². The van der Waals surface area contributed by atoms with Crippen LogP contribution in [0.3, 0.4) is 0 Å². The fourth-order valence-electron chi connectivity index (χ4n) is 3.05. The molecule has 0 heterocycles. The zero-order valence-corrected chi connectivity index (χ0v) is 19.4. The van der Waals surface area contributed by atoms with Gasteiger partial charge in [0.05, 0.1) is 12.7 Å². The molecule has 0 radical (unpaired) electrons. The van der Waals surface area contributed by atoms with Gasteiger partial charge in [-0.2, -0.15) is 0 Å². The minimum Gasteiger partial charge on any atom is -0.508 e. The van der Waals surface area contributed by atoms with Crippen molar-refractivity contribution in [3.05, 3.63) is 29.8 Å². The van der Waals surface area contributed by atoms with Gasteiger partial charge >= 0.3 is 5.97 Å². The van der Waals surface area contributed by atoms with Crippen LogP contribution in [0.2, 0.25) is 0 Å². The van der Waals surface area contributed by atoms with E-state index in [1.165, 1.54) is 31.2 Å². The molecular formula is C22H34N4O8. The molecule has 1 aromatic rings. The Morgan fingerprint density at radius 1 is 0.912 bits per heavy atom. The van der Waals surface area contributed by atoms with E-state index in [1.807, 2.05) is 0 Å². The van der Waals surface area contributed by atoms with Crippen LogP contribution in [0.15, 0.2) is 24.3 Å². The number of carboxylic acid groups (broad SMARTS) is 1. The zero-order valence-electron chi connectivity index (χ0n) is 19.4. The number of hydrogen-bond donors (Lipinski definition) is 8. The van der Waals surface area contributed by atoms with Gasteiger partial charge in [0.15, 0.2) is 0 Å². The Balaban J connectivity index is 2.98. The van der Waals surface area contributed by atoms with Crippen molar-refractivity contribution in [2.45, 2.75) is 63.9 Å². The number of hydrogen-bond acceptors (Lipinski definition) is 8. The summed E-state index contributed by atoms with van der Waals surface area (Å²) in [6, 6.07) is 0.614. The minimum absolute atomic E-state index is 0.0130. The quantitative estimate of drug-likeness (QED) is 0.159. The van der Waals surface area contributed by atoms with Gasteiger partial charge in [-0.15, -0.1) is 0 Å². The molecule has 0 bridgehead atoms. The van der Waals surface area contributed by atoms with Crippen LogP contribution in [-0.2, 0) is 25.6 Å². The Kier molecular flexibility index (Phi) is 11.4. The zero-order chi connectivity index (χ0) is 26.0. The number of aliphatic carboxylic acids is 1. The van der Waals surface area contributed by atoms with Gasteiger partial charge in [-0.25, -0.2) is 4.79 Å². The first-order chi connectivity index (χ1) is 15.8. The van der Waals surface area contributed by atoms with Crippen molar-refractivity contribution in [2.75, 3.05) is 6.61 Å². The monoisotopic (exact) mass is 482 g/mol. The molecule has 1 rings (SSSR count). The summed E-state index contributed by atoms with van der Waals surface area (Å²) in [4.78, 5) is 49.4. The molecule has 0 aromatic heterocycles. The number of rotatable bonds is 13. The highest BCUT2D eigenvalue weighted by Gasteiger charge is 2.32. The van der Waals surface area contributed by atoms with E-state index in [-0.39, 0.29) is 24.5 Å². The maximum absolute atomic E-state index is 12.9. The summed E-state index contributed by atoms with van der Waals surface area (Å²) in [5.74, 6) is -3.84. The summed E-state index contributed by atoms with van der Waals surface area (Å²) in [7, 11) is 0. The number of aliphatic hydroxyl groups excluding tert-OH is 2. The molecule has 0 aliphatic carbocycles. The summed E-state index contributed by atoms with van der Waals surface area (Å²) in [5, 5.41) is 45.0. The molecule has 0 spiro atoms. The number of benzene rings is 1. The highest BCUT2D eigenvalue weighted by Crippen LogP contribution is 2.12. The molecule has 0 saturated carbocycles. The number of carbonyl (C=O) groups is 4. The first kappa shape index (κ1) is 28.8. The van der Waals surface area contributed by atoms with Crippen molar-refractivity contribution in [1.82, 2.24) is 16.0 Å². The lowest BCUT2D eigenvalue weighted by Gasteiger charge is -2.27. The largest absolute Gasteiger partial charge is 0.508 e. The Labute approximate surface area is 197 Å². The normalized spacial score (nSPS) is 15.5. The Morgan fingerprint density at radius 2 is 1.47 bits per heavy atom. The van der Waals surface area contributed by atoms with Crippen molar-refractivity contribution in [3.8, 4) is 5.75 Å². The van der Waals surface area contributed by atoms with Gasteiger partial charge in [0.1, 0.15) is 29.9 Å². The molecule has 3 amide bonds. The molecule has 0 fully saturated rings. The summed E-state index contributed by atoms with van der Waals surface area (Å²) in [6.07, 6.45) is -1.26. The summed E-state index contributed by atoms with van der Waals surface area (Å²) in [6.45, 7) is 4.18. The van der Waals surface area contributed by atoms with E-state index in [9.17, 15) is 34.5 Å². The van der Waals surface area contributed by atoms with Gasteiger partial charge in [-0.05, 0) is 37.0 Å². The minimum atomic E-state index is -1.46. The summed E-state index contributed by atoms with van der Waals surface area (Å²) >= 11 is 0. The Morgan fingerprint density at radius 3 is 1.94 bits per heavy atom. The molecule has 5 atom stereocenters. The molecule has 0 aliphatic heterocycles. The number of aliphatic hydroxyl groups is 2. The predicted molar refractivity (Wildman–Crippen MR) is 121 cm³/mol. The van der Waals surface area contributed by atoms with Gasteiger partial charge in [0, 0.05) is 6.42 Å². The second-order valence-electron chi connectivity index (χ2n) is 8.48. The van der Waals surface area contributed by atoms with E-state index in [4.69, 9.17) is 10.8 Å². The van der Waals surface area contributed by atoms with Gasteiger partial charge in [-0.3, -0.25) is 14.4 Å². The first-order valence-corrected chi connectivity index (χ1v) is 10.8. The average Bonchev–Trinajstić information content (AvgIpc) is 2.76. The second-order valence-corrected chi connectivity index (χ2v) is 8.48. The van der Waals surface area contributed by atoms with Gasteiger partial charge in [-0.1, -0.05) is 26.0 Å². The Hall–Kier alpha value is -3.22. The van der Waals surface area contributed by atoms with Crippen molar-refractivity contribution >= 4 is 23.7 Å². The topological polar surface area (TPSA) is 211 Å². The van der Waals surface area contributed by atoms with Crippen LogP contribution < -0.4 is 21.7 Å². The fourth-order valence-corrected chi connectivity index (χ4v) is 3.05. The van der Waals surface area contributed by atoms with Crippen molar-refractivity contribution < 1.29 is 39.6 Å². The van der Waals surface area contributed by atoms with E-state index in [1.54, 1.807) is 13.8 Å². The summed E-state index contributed by atoms with van der Waals surface area (Å²) in [5.41, 5.74) is 5.99. The van der Waals surface area contributed by atoms with Crippen LogP contribution in [0.25, 0.3) is 0 Å². The van der Waals surface area contributed by atoms with E-state index in [0.29, 0.717) is 5.56 Å². The van der Waals surface area contributed by atoms with Gasteiger partial charge in [0.2, 0.25) is 17.7 Å². The highest BCUT2D eigenvalue weighted by molar-refractivity contribution is 5.94. The molecule has 0 unspecified atom stereocenters. The van der Waals surface area contributed by atoms with Crippen LogP contribution in [0.4, 0.5) is 0 Å². The van der Waals surface area contributed by atoms with Crippen molar-refractivity contribution in [1.29, 1.82) is 0 Å². The highest BCUT2D eigenvalue weighted by atomic mass is 16.4. The molecule has 12 nitrogen and oxygen atoms in total. The third-order valence-corrected chi connectivity index (χ3v) is 4.93. The SMILES string of the molecule is CC(C)C[C@H](NC(=O)[C@@H](NC(=O)[C@@H](N)CO)[C@@H](C)O)C(=O)N[C@@H](Cc1ccc(O)cc1)C(=O)O. The van der Waals surface area contributed by atoms with Crippen molar-refractivity contribution in [2.24, 2.45) is 11.7 Å². The van der Waals surface area contributed by atoms with Gasteiger partial charge < -0.3 is 42.1 Å². The molecular weight excluding hydrogens is 448 g/mol. The number of phenolic OH excluding ortho intramolecular Hbond substituents is 1. The number of nitrogens with two attached hydrogens (primary N) is 1. The standard InChI is InChI=1S/C22H34N4O8/c1-11(2)8-16(24-21(32)18(12(3)28)26-19(30)15(23)10-27)20(31)25-17(22(33)34)9-13-4-6-14(29)7-5-13/h4-7,11-12,15-18,27-29H,8-10,23H2,1-3H3,(H,24,32)(H,25,31)(H,26,30)(H,33,34)/t12-,15+,16+,17+,18+/m1/s1. The number of phenols is 1. The second kappa shape index (κ2) is 13.5. The third kappa shape index (κ3) is 9.33. The van der Waals surface area contributed by atoms with Crippen LogP contribution in [-0.4, -0.2) is 81.0 Å². The number of nitrogens with one attached hydrogen (secondary N) is 3. The molecule has 9 N–H and O–H groups in total. The van der Waals surface area contributed by atoms with E-state index in [2.05, 4.69) is 16.0 Å². The molecule has 34 heavy (non-hydrogen) atoms. The summed E-state index contributed by atoms with van der Waals surface area (Å²) < 4.78 is 0. The lowest BCUT2D eigenvalue weighted by molar-refractivity contribution is -0.142. The van der Waals surface area contributed by atoms with Crippen LogP contribution in [0.5, 0.6) is 5.75 Å². The lowest BCUT2D eigenvalue weighted by Crippen LogP contribution is -2.60. The lowest BCUT2D eigenvalue weighted by atomic mass is 10.0. The number of aromatic hydroxyl groups is 1. The number of amides is 3. The van der Waals surface area contributed by atoms with Crippen molar-refractivity contribution in [3.63, 3.8) is 0 Å². The van der Waals surface area contributed by atoms with E-state index >= 15 is 0 Å². The van der Waals surface area contributed by atoms with Crippen LogP contribution in [0.1, 0.15) is 32.8 Å². The van der Waals surface area contributed by atoms with Gasteiger partial charge in [0.25, 0.3) is 0 Å². The molecule has 0 aliphatic rings. The number of carboxylic acids is 1. The van der Waals surface area contributed by atoms with Crippen LogP contribution in [0, 0.1) is 5.92 Å². The maximum Gasteiger partial charge on any atom is 0.326 e. The molecule has 0 saturated heterocycles.